The second-order valence-electron chi connectivity index (χ2n) is 4.84. The molecular formula is C12H16N2O6S. The molecule has 1 atom stereocenters. The molecule has 9 heteroatoms. The van der Waals surface area contributed by atoms with Gasteiger partial charge in [-0.3, -0.25) is 14.9 Å². The summed E-state index contributed by atoms with van der Waals surface area (Å²) >= 11 is 0. The van der Waals surface area contributed by atoms with Crippen LogP contribution in [0.3, 0.4) is 0 Å². The Hall–Kier alpha value is -2.00. The van der Waals surface area contributed by atoms with Gasteiger partial charge in [0.2, 0.25) is 10.0 Å². The van der Waals surface area contributed by atoms with E-state index < -0.39 is 32.9 Å². The van der Waals surface area contributed by atoms with Crippen molar-refractivity contribution in [1.82, 2.24) is 4.72 Å². The van der Waals surface area contributed by atoms with E-state index in [0.717, 1.165) is 0 Å². The monoisotopic (exact) mass is 316 g/mol. The fourth-order valence-electron chi connectivity index (χ4n) is 1.79. The number of hydrogen-bond donors (Lipinski definition) is 2. The van der Waals surface area contributed by atoms with E-state index in [1.54, 1.807) is 13.8 Å². The molecule has 0 heterocycles. The number of nitrogens with zero attached hydrogens (tertiary/aromatic N) is 1. The summed E-state index contributed by atoms with van der Waals surface area (Å²) in [6.45, 7) is 4.42. The Bertz CT molecular complexity index is 668. The minimum absolute atomic E-state index is 0.0390. The lowest BCUT2D eigenvalue weighted by Crippen LogP contribution is -2.44. The average molecular weight is 316 g/mol. The molecule has 1 aromatic rings. The first-order valence-electron chi connectivity index (χ1n) is 6.07. The summed E-state index contributed by atoms with van der Waals surface area (Å²) in [5.74, 6) is -1.78. The van der Waals surface area contributed by atoms with Crippen molar-refractivity contribution in [3.8, 4) is 0 Å². The zero-order valence-corrected chi connectivity index (χ0v) is 12.5. The molecule has 0 aliphatic heterocycles. The Morgan fingerprint density at radius 2 is 1.95 bits per heavy atom. The maximum atomic E-state index is 12.3. The van der Waals surface area contributed by atoms with Crippen molar-refractivity contribution in [2.45, 2.75) is 31.7 Å². The van der Waals surface area contributed by atoms with Crippen molar-refractivity contribution in [3.63, 3.8) is 0 Å². The van der Waals surface area contributed by atoms with Crippen molar-refractivity contribution in [3.05, 3.63) is 33.9 Å². The highest BCUT2D eigenvalue weighted by Crippen LogP contribution is 2.25. The smallest absolute Gasteiger partial charge is 0.322 e. The predicted octanol–water partition coefficient (Wildman–Crippen LogP) is 1.29. The number of benzene rings is 1. The Morgan fingerprint density at radius 1 is 1.38 bits per heavy atom. The van der Waals surface area contributed by atoms with Gasteiger partial charge in [0.1, 0.15) is 6.04 Å². The standard InChI is InChI=1S/C12H16N2O6S/c1-7(2)11(12(15)16)13-21(19,20)10-6-4-5-9(8(10)3)14(17)18/h4-7,11,13H,1-3H3,(H,15,16). The zero-order valence-electron chi connectivity index (χ0n) is 11.7. The SMILES string of the molecule is Cc1c([N+](=O)[O-])cccc1S(=O)(=O)NC(C(=O)O)C(C)C. The van der Waals surface area contributed by atoms with Gasteiger partial charge in [-0.05, 0) is 18.9 Å². The molecule has 8 nitrogen and oxygen atoms in total. The first-order chi connectivity index (χ1) is 9.58. The van der Waals surface area contributed by atoms with E-state index in [-0.39, 0.29) is 16.1 Å². The molecular weight excluding hydrogens is 300 g/mol. The summed E-state index contributed by atoms with van der Waals surface area (Å²) in [5.41, 5.74) is -0.378. The van der Waals surface area contributed by atoms with Gasteiger partial charge in [-0.1, -0.05) is 19.9 Å². The van der Waals surface area contributed by atoms with E-state index in [0.29, 0.717) is 0 Å². The molecule has 1 rings (SSSR count). The lowest BCUT2D eigenvalue weighted by Gasteiger charge is -2.18. The number of nitro benzene ring substituents is 1. The van der Waals surface area contributed by atoms with Crippen LogP contribution >= 0.6 is 0 Å². The van der Waals surface area contributed by atoms with Crippen LogP contribution in [0.5, 0.6) is 0 Å². The molecule has 2 N–H and O–H groups in total. The van der Waals surface area contributed by atoms with E-state index in [1.165, 1.54) is 25.1 Å². The van der Waals surface area contributed by atoms with E-state index in [1.807, 2.05) is 0 Å². The maximum Gasteiger partial charge on any atom is 0.322 e. The fourth-order valence-corrected chi connectivity index (χ4v) is 3.39. The molecule has 0 bridgehead atoms. The number of hydrogen-bond acceptors (Lipinski definition) is 5. The van der Waals surface area contributed by atoms with E-state index in [4.69, 9.17) is 5.11 Å². The van der Waals surface area contributed by atoms with Gasteiger partial charge in [0.05, 0.1) is 9.82 Å². The van der Waals surface area contributed by atoms with Gasteiger partial charge in [-0.25, -0.2) is 8.42 Å². The largest absolute Gasteiger partial charge is 0.480 e. The molecule has 0 saturated carbocycles. The Morgan fingerprint density at radius 3 is 2.38 bits per heavy atom. The second-order valence-corrected chi connectivity index (χ2v) is 6.52. The second kappa shape index (κ2) is 6.19. The summed E-state index contributed by atoms with van der Waals surface area (Å²) < 4.78 is 26.6. The van der Waals surface area contributed by atoms with Crippen LogP contribution in [0, 0.1) is 23.0 Å². The Balaban J connectivity index is 3.29. The van der Waals surface area contributed by atoms with Gasteiger partial charge < -0.3 is 5.11 Å². The molecule has 0 radical (unpaired) electrons. The van der Waals surface area contributed by atoms with Crippen LogP contribution < -0.4 is 4.72 Å². The quantitative estimate of drug-likeness (QED) is 0.601. The normalized spacial score (nSPS) is 13.1. The number of carbonyl (C=O) groups is 1. The van der Waals surface area contributed by atoms with Crippen LogP contribution in [0.15, 0.2) is 23.1 Å². The first-order valence-corrected chi connectivity index (χ1v) is 7.55. The lowest BCUT2D eigenvalue weighted by atomic mass is 10.1. The molecule has 0 saturated heterocycles. The number of nitro groups is 1. The molecule has 1 unspecified atom stereocenters. The maximum absolute atomic E-state index is 12.3. The summed E-state index contributed by atoms with van der Waals surface area (Å²) in [6.07, 6.45) is 0. The van der Waals surface area contributed by atoms with Crippen LogP contribution in [-0.2, 0) is 14.8 Å². The van der Waals surface area contributed by atoms with Gasteiger partial charge in [0, 0.05) is 11.6 Å². The Kier molecular flexibility index (Phi) is 5.02. The lowest BCUT2D eigenvalue weighted by molar-refractivity contribution is -0.385. The third kappa shape index (κ3) is 3.76. The third-order valence-corrected chi connectivity index (χ3v) is 4.54. The molecule has 0 aliphatic rings. The highest BCUT2D eigenvalue weighted by atomic mass is 32.2. The Labute approximate surface area is 122 Å². The van der Waals surface area contributed by atoms with Crippen LogP contribution in [0.4, 0.5) is 5.69 Å². The van der Waals surface area contributed by atoms with Crippen LogP contribution in [0.1, 0.15) is 19.4 Å². The molecule has 0 aromatic heterocycles. The first kappa shape index (κ1) is 17.1. The van der Waals surface area contributed by atoms with Crippen LogP contribution in [0.25, 0.3) is 0 Å². The van der Waals surface area contributed by atoms with Gasteiger partial charge in [0.25, 0.3) is 5.69 Å². The highest BCUT2D eigenvalue weighted by Gasteiger charge is 2.30. The number of carboxylic acids is 1. The molecule has 1 aromatic carbocycles. The average Bonchev–Trinajstić information content (AvgIpc) is 2.35. The molecule has 21 heavy (non-hydrogen) atoms. The van der Waals surface area contributed by atoms with E-state index in [9.17, 15) is 23.3 Å². The third-order valence-electron chi connectivity index (χ3n) is 2.96. The van der Waals surface area contributed by atoms with Gasteiger partial charge in [-0.15, -0.1) is 0 Å². The predicted molar refractivity (Wildman–Crippen MR) is 74.4 cm³/mol. The summed E-state index contributed by atoms with van der Waals surface area (Å²) in [4.78, 5) is 20.9. The van der Waals surface area contributed by atoms with E-state index in [2.05, 4.69) is 4.72 Å². The van der Waals surface area contributed by atoms with Crippen molar-refractivity contribution in [1.29, 1.82) is 0 Å². The minimum Gasteiger partial charge on any atom is -0.480 e. The molecule has 0 fully saturated rings. The molecule has 116 valence electrons. The summed E-state index contributed by atoms with van der Waals surface area (Å²) in [5, 5.41) is 19.9. The van der Waals surface area contributed by atoms with Gasteiger partial charge in [0.15, 0.2) is 0 Å². The van der Waals surface area contributed by atoms with E-state index >= 15 is 0 Å². The number of aliphatic carboxylic acids is 1. The molecule has 0 spiro atoms. The molecule has 0 amide bonds. The summed E-state index contributed by atoms with van der Waals surface area (Å²) in [6, 6.07) is 2.31. The minimum atomic E-state index is -4.17. The molecule has 0 aliphatic carbocycles. The van der Waals surface area contributed by atoms with Crippen molar-refractivity contribution >= 4 is 21.7 Å². The topological polar surface area (TPSA) is 127 Å². The number of sulfonamides is 1. The van der Waals surface area contributed by atoms with Gasteiger partial charge >= 0.3 is 5.97 Å². The zero-order chi connectivity index (χ0) is 16.4. The van der Waals surface area contributed by atoms with Crippen molar-refractivity contribution < 1.29 is 23.2 Å². The van der Waals surface area contributed by atoms with Crippen LogP contribution in [-0.4, -0.2) is 30.5 Å². The highest BCUT2D eigenvalue weighted by molar-refractivity contribution is 7.89. The summed E-state index contributed by atoms with van der Waals surface area (Å²) in [7, 11) is -4.17. The van der Waals surface area contributed by atoms with Gasteiger partial charge in [-0.2, -0.15) is 4.72 Å². The van der Waals surface area contributed by atoms with Crippen LogP contribution in [0.2, 0.25) is 0 Å². The number of rotatable bonds is 6. The fraction of sp³-hybridized carbons (Fsp3) is 0.417. The van der Waals surface area contributed by atoms with Crippen molar-refractivity contribution in [2.24, 2.45) is 5.92 Å². The number of nitrogens with one attached hydrogen (secondary N) is 1. The van der Waals surface area contributed by atoms with Crippen molar-refractivity contribution in [2.75, 3.05) is 0 Å². The number of carboxylic acid groups (broad SMARTS) is 1.